The molecule has 7 heteroatoms. The summed E-state index contributed by atoms with van der Waals surface area (Å²) in [5.74, 6) is 1.56. The molecular formula is C22H42IN3O3. The van der Waals surface area contributed by atoms with E-state index in [1.807, 2.05) is 7.05 Å². The van der Waals surface area contributed by atoms with Crippen molar-refractivity contribution in [2.24, 2.45) is 16.3 Å². The molecule has 0 radical (unpaired) electrons. The van der Waals surface area contributed by atoms with E-state index in [1.165, 1.54) is 12.8 Å². The second kappa shape index (κ2) is 12.1. The molecule has 3 unspecified atom stereocenters. The number of aliphatic imine (C=N–C) groups is 1. The zero-order valence-corrected chi connectivity index (χ0v) is 21.2. The van der Waals surface area contributed by atoms with Crippen LogP contribution in [-0.4, -0.2) is 75.7 Å². The molecule has 0 amide bonds. The summed E-state index contributed by atoms with van der Waals surface area (Å²) in [6.07, 6.45) is 7.82. The van der Waals surface area contributed by atoms with Gasteiger partial charge in [-0.1, -0.05) is 20.8 Å². The van der Waals surface area contributed by atoms with Crippen LogP contribution in [0.3, 0.4) is 0 Å². The molecule has 3 atom stereocenters. The lowest BCUT2D eigenvalue weighted by atomic mass is 9.78. The van der Waals surface area contributed by atoms with Gasteiger partial charge < -0.3 is 24.4 Å². The van der Waals surface area contributed by atoms with E-state index in [0.717, 1.165) is 71.1 Å². The Morgan fingerprint density at radius 2 is 1.76 bits per heavy atom. The molecule has 0 aromatic carbocycles. The minimum Gasteiger partial charge on any atom is -0.377 e. The normalized spacial score (nSPS) is 29.6. The summed E-state index contributed by atoms with van der Waals surface area (Å²) in [6.45, 7) is 12.3. The lowest BCUT2D eigenvalue weighted by Crippen LogP contribution is -2.50. The van der Waals surface area contributed by atoms with Gasteiger partial charge in [-0.05, 0) is 43.9 Å². The number of halogens is 1. The Bertz CT molecular complexity index is 498. The topological polar surface area (TPSA) is 55.3 Å². The minimum atomic E-state index is 0. The first-order valence-electron chi connectivity index (χ1n) is 11.3. The number of rotatable bonds is 5. The van der Waals surface area contributed by atoms with Gasteiger partial charge in [0, 0.05) is 45.8 Å². The third-order valence-corrected chi connectivity index (χ3v) is 6.32. The Hall–Kier alpha value is -0.120. The number of likely N-dealkylation sites (tertiary alicyclic amines) is 1. The number of hydrogen-bond donors (Lipinski definition) is 1. The maximum Gasteiger partial charge on any atom is 0.193 e. The fraction of sp³-hybridized carbons (Fsp3) is 0.955. The van der Waals surface area contributed by atoms with Gasteiger partial charge in [0.05, 0.1) is 24.9 Å². The molecule has 3 rings (SSSR count). The molecule has 29 heavy (non-hydrogen) atoms. The molecule has 3 heterocycles. The van der Waals surface area contributed by atoms with Crippen LogP contribution in [0.5, 0.6) is 0 Å². The standard InChI is InChI=1S/C22H41N3O3.HI/c1-22(2,3)20-17(7-5-14-27-20)15-24-21(23-4)25-11-9-18(10-12-25)28-16-19-8-6-13-26-19;/h17-20H,5-16H2,1-4H3,(H,23,24);1H. The zero-order valence-electron chi connectivity index (χ0n) is 18.8. The Labute approximate surface area is 194 Å². The van der Waals surface area contributed by atoms with Crippen molar-refractivity contribution in [1.29, 1.82) is 0 Å². The van der Waals surface area contributed by atoms with Crippen LogP contribution in [0.15, 0.2) is 4.99 Å². The van der Waals surface area contributed by atoms with E-state index in [9.17, 15) is 0 Å². The lowest BCUT2D eigenvalue weighted by molar-refractivity contribution is -0.0837. The minimum absolute atomic E-state index is 0. The predicted octanol–water partition coefficient (Wildman–Crippen LogP) is 3.68. The summed E-state index contributed by atoms with van der Waals surface area (Å²) in [5.41, 5.74) is 0.176. The Morgan fingerprint density at radius 1 is 1.07 bits per heavy atom. The molecule has 170 valence electrons. The van der Waals surface area contributed by atoms with Gasteiger partial charge in [0.15, 0.2) is 5.96 Å². The predicted molar refractivity (Wildman–Crippen MR) is 128 cm³/mol. The van der Waals surface area contributed by atoms with Gasteiger partial charge in [0.1, 0.15) is 0 Å². The van der Waals surface area contributed by atoms with E-state index in [-0.39, 0.29) is 29.4 Å². The van der Waals surface area contributed by atoms with Gasteiger partial charge in [-0.2, -0.15) is 0 Å². The zero-order chi connectivity index (χ0) is 20.0. The van der Waals surface area contributed by atoms with Crippen LogP contribution in [0.2, 0.25) is 0 Å². The lowest BCUT2D eigenvalue weighted by Gasteiger charge is -2.41. The second-order valence-corrected chi connectivity index (χ2v) is 9.64. The quantitative estimate of drug-likeness (QED) is 0.339. The molecule has 0 aromatic heterocycles. The number of ether oxygens (including phenoxy) is 3. The highest BCUT2D eigenvalue weighted by atomic mass is 127. The number of nitrogens with zero attached hydrogens (tertiary/aromatic N) is 2. The number of piperidine rings is 1. The van der Waals surface area contributed by atoms with Crippen LogP contribution in [0.4, 0.5) is 0 Å². The van der Waals surface area contributed by atoms with Crippen LogP contribution in [0, 0.1) is 11.3 Å². The molecule has 0 saturated carbocycles. The molecular weight excluding hydrogens is 481 g/mol. The maximum absolute atomic E-state index is 6.13. The molecule has 0 bridgehead atoms. The van der Waals surface area contributed by atoms with Crippen molar-refractivity contribution in [2.75, 3.05) is 46.5 Å². The molecule has 0 aromatic rings. The van der Waals surface area contributed by atoms with Crippen LogP contribution in [0.1, 0.15) is 59.3 Å². The Morgan fingerprint density at radius 3 is 2.38 bits per heavy atom. The third-order valence-electron chi connectivity index (χ3n) is 6.32. The molecule has 3 saturated heterocycles. The molecule has 3 fully saturated rings. The van der Waals surface area contributed by atoms with Crippen LogP contribution >= 0.6 is 24.0 Å². The van der Waals surface area contributed by atoms with Crippen molar-refractivity contribution in [1.82, 2.24) is 10.2 Å². The average Bonchev–Trinajstić information content (AvgIpc) is 3.21. The first-order valence-corrected chi connectivity index (χ1v) is 11.3. The van der Waals surface area contributed by atoms with Gasteiger partial charge in [0.25, 0.3) is 0 Å². The molecule has 3 aliphatic rings. The van der Waals surface area contributed by atoms with Gasteiger partial charge in [-0.3, -0.25) is 4.99 Å². The largest absolute Gasteiger partial charge is 0.377 e. The third kappa shape index (κ3) is 7.51. The maximum atomic E-state index is 6.13. The highest BCUT2D eigenvalue weighted by Gasteiger charge is 2.35. The second-order valence-electron chi connectivity index (χ2n) is 9.64. The highest BCUT2D eigenvalue weighted by molar-refractivity contribution is 14.0. The number of nitrogens with one attached hydrogen (secondary N) is 1. The van der Waals surface area contributed by atoms with E-state index in [1.54, 1.807) is 0 Å². The van der Waals surface area contributed by atoms with Gasteiger partial charge in [-0.25, -0.2) is 0 Å². The number of hydrogen-bond acceptors (Lipinski definition) is 4. The van der Waals surface area contributed by atoms with Crippen molar-refractivity contribution in [3.63, 3.8) is 0 Å². The van der Waals surface area contributed by atoms with E-state index >= 15 is 0 Å². The first-order chi connectivity index (χ1) is 13.5. The van der Waals surface area contributed by atoms with Gasteiger partial charge in [-0.15, -0.1) is 24.0 Å². The van der Waals surface area contributed by atoms with E-state index in [0.29, 0.717) is 24.2 Å². The average molecular weight is 524 g/mol. The van der Waals surface area contributed by atoms with Crippen molar-refractivity contribution < 1.29 is 14.2 Å². The molecule has 0 spiro atoms. The summed E-state index contributed by atoms with van der Waals surface area (Å²) >= 11 is 0. The van der Waals surface area contributed by atoms with Crippen LogP contribution in [-0.2, 0) is 14.2 Å². The van der Waals surface area contributed by atoms with E-state index in [2.05, 4.69) is 36.0 Å². The fourth-order valence-electron chi connectivity index (χ4n) is 4.82. The van der Waals surface area contributed by atoms with E-state index < -0.39 is 0 Å². The molecule has 6 nitrogen and oxygen atoms in total. The summed E-state index contributed by atoms with van der Waals surface area (Å²) in [4.78, 5) is 6.92. The van der Waals surface area contributed by atoms with Gasteiger partial charge in [0.2, 0.25) is 0 Å². The van der Waals surface area contributed by atoms with Crippen LogP contribution in [0.25, 0.3) is 0 Å². The Balaban J connectivity index is 0.00000300. The van der Waals surface area contributed by atoms with Crippen molar-refractivity contribution in [2.45, 2.75) is 77.6 Å². The number of guanidine groups is 1. The summed E-state index contributed by atoms with van der Waals surface area (Å²) in [6, 6.07) is 0. The fourth-order valence-corrected chi connectivity index (χ4v) is 4.82. The molecule has 1 N–H and O–H groups in total. The molecule has 3 aliphatic heterocycles. The van der Waals surface area contributed by atoms with Crippen molar-refractivity contribution in [3.8, 4) is 0 Å². The highest BCUT2D eigenvalue weighted by Crippen LogP contribution is 2.33. The molecule has 0 aliphatic carbocycles. The summed E-state index contributed by atoms with van der Waals surface area (Å²) < 4.78 is 17.9. The van der Waals surface area contributed by atoms with Crippen molar-refractivity contribution in [3.05, 3.63) is 0 Å². The van der Waals surface area contributed by atoms with Gasteiger partial charge >= 0.3 is 0 Å². The SMILES string of the molecule is CN=C(NCC1CCCOC1C(C)(C)C)N1CCC(OCC2CCCO2)CC1.I. The van der Waals surface area contributed by atoms with E-state index in [4.69, 9.17) is 14.2 Å². The summed E-state index contributed by atoms with van der Waals surface area (Å²) in [5, 5.41) is 3.64. The first kappa shape index (κ1) is 25.1. The van der Waals surface area contributed by atoms with Crippen molar-refractivity contribution >= 4 is 29.9 Å². The Kier molecular flexibility index (Phi) is 10.5. The monoisotopic (exact) mass is 523 g/mol. The smallest absolute Gasteiger partial charge is 0.193 e. The summed E-state index contributed by atoms with van der Waals surface area (Å²) in [7, 11) is 1.89. The van der Waals surface area contributed by atoms with Crippen LogP contribution < -0.4 is 5.32 Å².